The van der Waals surface area contributed by atoms with Crippen LogP contribution in [0.3, 0.4) is 0 Å². The number of anilines is 1. The van der Waals surface area contributed by atoms with E-state index in [4.69, 9.17) is 0 Å². The number of rotatable bonds is 6. The van der Waals surface area contributed by atoms with E-state index in [1.165, 1.54) is 5.56 Å². The first-order valence-electron chi connectivity index (χ1n) is 7.50. The molecule has 0 fully saturated rings. The zero-order chi connectivity index (χ0) is 15.9. The number of nitrogens with zero attached hydrogens (tertiary/aromatic N) is 2. The van der Waals surface area contributed by atoms with Crippen molar-refractivity contribution in [2.24, 2.45) is 0 Å². The highest BCUT2D eigenvalue weighted by molar-refractivity contribution is 5.87. The second-order valence-corrected chi connectivity index (χ2v) is 5.17. The van der Waals surface area contributed by atoms with Gasteiger partial charge in [0, 0.05) is 36.3 Å². The van der Waals surface area contributed by atoms with Gasteiger partial charge >= 0.3 is 0 Å². The van der Waals surface area contributed by atoms with Gasteiger partial charge in [-0.2, -0.15) is 0 Å². The molecule has 3 aromatic rings. The molecular formula is C19H17N3O. The topological polar surface area (TPSA) is 54.9 Å². The molecule has 0 spiro atoms. The van der Waals surface area contributed by atoms with E-state index in [1.807, 2.05) is 48.5 Å². The lowest BCUT2D eigenvalue weighted by Gasteiger charge is -2.08. The molecule has 0 saturated carbocycles. The lowest BCUT2D eigenvalue weighted by atomic mass is 10.0. The first-order chi connectivity index (χ1) is 11.4. The number of hydrogen-bond donors (Lipinski definition) is 1. The highest BCUT2D eigenvalue weighted by Crippen LogP contribution is 2.22. The van der Waals surface area contributed by atoms with E-state index in [-0.39, 0.29) is 0 Å². The number of pyridine rings is 2. The van der Waals surface area contributed by atoms with Crippen LogP contribution >= 0.6 is 0 Å². The molecule has 3 rings (SSSR count). The zero-order valence-electron chi connectivity index (χ0n) is 12.6. The van der Waals surface area contributed by atoms with Gasteiger partial charge in [-0.3, -0.25) is 9.78 Å². The third-order valence-corrected chi connectivity index (χ3v) is 3.63. The van der Waals surface area contributed by atoms with Gasteiger partial charge < -0.3 is 5.32 Å². The monoisotopic (exact) mass is 303 g/mol. The Hall–Kier alpha value is -3.01. The highest BCUT2D eigenvalue weighted by Gasteiger charge is 2.04. The maximum atomic E-state index is 11.1. The van der Waals surface area contributed by atoms with Crippen molar-refractivity contribution in [2.75, 3.05) is 11.9 Å². The maximum Gasteiger partial charge on any atom is 0.150 e. The summed E-state index contributed by atoms with van der Waals surface area (Å²) in [4.78, 5) is 19.5. The van der Waals surface area contributed by atoms with Crippen LogP contribution in [0.25, 0.3) is 11.1 Å². The Balaban J connectivity index is 1.64. The summed E-state index contributed by atoms with van der Waals surface area (Å²) >= 11 is 0. The molecule has 2 heterocycles. The number of carbonyl (C=O) groups excluding carboxylic acids is 1. The second kappa shape index (κ2) is 7.31. The van der Waals surface area contributed by atoms with Crippen molar-refractivity contribution in [1.29, 1.82) is 0 Å². The number of aldehydes is 1. The summed E-state index contributed by atoms with van der Waals surface area (Å²) in [6.07, 6.45) is 7.17. The van der Waals surface area contributed by atoms with Crippen molar-refractivity contribution in [2.45, 2.75) is 6.42 Å². The minimum atomic E-state index is 0.674. The van der Waals surface area contributed by atoms with Gasteiger partial charge in [-0.15, -0.1) is 0 Å². The average molecular weight is 303 g/mol. The molecule has 4 heteroatoms. The number of aromatic nitrogens is 2. The van der Waals surface area contributed by atoms with Crippen molar-refractivity contribution in [3.05, 3.63) is 78.2 Å². The predicted molar refractivity (Wildman–Crippen MR) is 91.5 cm³/mol. The SMILES string of the molecule is O=Cc1ccccc1-c1ccc(NCCc2ccncc2)nc1. The first kappa shape index (κ1) is 14.9. The molecule has 114 valence electrons. The van der Waals surface area contributed by atoms with Crippen molar-refractivity contribution in [3.63, 3.8) is 0 Å². The molecule has 23 heavy (non-hydrogen) atoms. The summed E-state index contributed by atoms with van der Waals surface area (Å²) < 4.78 is 0. The second-order valence-electron chi connectivity index (χ2n) is 5.17. The van der Waals surface area contributed by atoms with Gasteiger partial charge in [-0.05, 0) is 41.8 Å². The summed E-state index contributed by atoms with van der Waals surface area (Å²) in [6, 6.07) is 15.4. The molecule has 0 radical (unpaired) electrons. The van der Waals surface area contributed by atoms with Gasteiger partial charge in [-0.25, -0.2) is 4.98 Å². The number of hydrogen-bond acceptors (Lipinski definition) is 4. The molecule has 0 aliphatic rings. The zero-order valence-corrected chi connectivity index (χ0v) is 12.6. The van der Waals surface area contributed by atoms with Gasteiger partial charge in [0.25, 0.3) is 0 Å². The fourth-order valence-electron chi connectivity index (χ4n) is 2.40. The van der Waals surface area contributed by atoms with Crippen LogP contribution in [-0.4, -0.2) is 22.8 Å². The Kier molecular flexibility index (Phi) is 4.74. The molecule has 0 aliphatic carbocycles. The summed E-state index contributed by atoms with van der Waals surface area (Å²) in [5.74, 6) is 0.825. The summed E-state index contributed by atoms with van der Waals surface area (Å²) in [5.41, 5.74) is 3.75. The van der Waals surface area contributed by atoms with Gasteiger partial charge in [0.2, 0.25) is 0 Å². The molecule has 2 aromatic heterocycles. The van der Waals surface area contributed by atoms with Crippen LogP contribution < -0.4 is 5.32 Å². The van der Waals surface area contributed by atoms with Crippen LogP contribution in [0.15, 0.2) is 67.1 Å². The number of benzene rings is 1. The van der Waals surface area contributed by atoms with E-state index in [1.54, 1.807) is 18.6 Å². The van der Waals surface area contributed by atoms with Crippen molar-refractivity contribution < 1.29 is 4.79 Å². The van der Waals surface area contributed by atoms with Gasteiger partial charge in [-0.1, -0.05) is 24.3 Å². The molecule has 0 bridgehead atoms. The normalized spacial score (nSPS) is 10.3. The largest absolute Gasteiger partial charge is 0.370 e. The Morgan fingerprint density at radius 2 is 1.83 bits per heavy atom. The molecular weight excluding hydrogens is 286 g/mol. The van der Waals surface area contributed by atoms with E-state index in [9.17, 15) is 4.79 Å². The lowest BCUT2D eigenvalue weighted by molar-refractivity contribution is 0.112. The molecule has 0 amide bonds. The summed E-state index contributed by atoms with van der Waals surface area (Å²) in [6.45, 7) is 0.807. The van der Waals surface area contributed by atoms with Gasteiger partial charge in [0.05, 0.1) is 0 Å². The molecule has 0 unspecified atom stereocenters. The van der Waals surface area contributed by atoms with Crippen LogP contribution in [0.2, 0.25) is 0 Å². The Labute approximate surface area is 135 Å². The van der Waals surface area contributed by atoms with Crippen LogP contribution in [-0.2, 0) is 6.42 Å². The Morgan fingerprint density at radius 1 is 1.00 bits per heavy atom. The van der Waals surface area contributed by atoms with E-state index in [2.05, 4.69) is 15.3 Å². The number of nitrogens with one attached hydrogen (secondary N) is 1. The van der Waals surface area contributed by atoms with Crippen molar-refractivity contribution in [1.82, 2.24) is 9.97 Å². The van der Waals surface area contributed by atoms with Crippen molar-refractivity contribution >= 4 is 12.1 Å². The maximum absolute atomic E-state index is 11.1. The smallest absolute Gasteiger partial charge is 0.150 e. The predicted octanol–water partition coefficient (Wildman–Crippen LogP) is 3.61. The van der Waals surface area contributed by atoms with E-state index >= 15 is 0 Å². The minimum absolute atomic E-state index is 0.674. The van der Waals surface area contributed by atoms with E-state index in [0.29, 0.717) is 5.56 Å². The van der Waals surface area contributed by atoms with Crippen molar-refractivity contribution in [3.8, 4) is 11.1 Å². The lowest BCUT2D eigenvalue weighted by Crippen LogP contribution is -2.06. The fourth-order valence-corrected chi connectivity index (χ4v) is 2.40. The van der Waals surface area contributed by atoms with E-state index < -0.39 is 0 Å². The highest BCUT2D eigenvalue weighted by atomic mass is 16.1. The third kappa shape index (κ3) is 3.80. The first-order valence-corrected chi connectivity index (χ1v) is 7.50. The van der Waals surface area contributed by atoms with Gasteiger partial charge in [0.15, 0.2) is 6.29 Å². The Bertz CT molecular complexity index is 770. The van der Waals surface area contributed by atoms with Crippen LogP contribution in [0.4, 0.5) is 5.82 Å². The standard InChI is InChI=1S/C19H17N3O/c23-14-17-3-1-2-4-18(17)16-5-6-19(22-13-16)21-12-9-15-7-10-20-11-8-15/h1-8,10-11,13-14H,9,12H2,(H,21,22). The average Bonchev–Trinajstić information content (AvgIpc) is 2.63. The van der Waals surface area contributed by atoms with Crippen LogP contribution in [0.5, 0.6) is 0 Å². The third-order valence-electron chi connectivity index (χ3n) is 3.63. The summed E-state index contributed by atoms with van der Waals surface area (Å²) in [7, 11) is 0. The Morgan fingerprint density at radius 3 is 2.57 bits per heavy atom. The molecule has 1 aromatic carbocycles. The molecule has 4 nitrogen and oxygen atoms in total. The molecule has 0 saturated heterocycles. The number of carbonyl (C=O) groups is 1. The molecule has 0 aliphatic heterocycles. The minimum Gasteiger partial charge on any atom is -0.370 e. The summed E-state index contributed by atoms with van der Waals surface area (Å²) in [5, 5.41) is 3.30. The van der Waals surface area contributed by atoms with E-state index in [0.717, 1.165) is 36.2 Å². The van der Waals surface area contributed by atoms with Gasteiger partial charge in [0.1, 0.15) is 5.82 Å². The molecule has 1 N–H and O–H groups in total. The quantitative estimate of drug-likeness (QED) is 0.707. The van der Waals surface area contributed by atoms with Crippen LogP contribution in [0, 0.1) is 0 Å². The fraction of sp³-hybridized carbons (Fsp3) is 0.105. The van der Waals surface area contributed by atoms with Crippen LogP contribution in [0.1, 0.15) is 15.9 Å². The molecule has 0 atom stereocenters.